The Kier molecular flexibility index (Phi) is 7.04. The predicted molar refractivity (Wildman–Crippen MR) is 131 cm³/mol. The highest BCUT2D eigenvalue weighted by Gasteiger charge is 2.29. The number of carbonyl (C=O) groups is 1. The molecule has 0 radical (unpaired) electrons. The van der Waals surface area contributed by atoms with E-state index in [0.717, 1.165) is 39.9 Å². The fourth-order valence-electron chi connectivity index (χ4n) is 3.65. The van der Waals surface area contributed by atoms with E-state index in [0.29, 0.717) is 5.69 Å². The number of carbonyl (C=O) groups excluding carboxylic acids is 1. The molecule has 0 atom stereocenters. The van der Waals surface area contributed by atoms with Crippen LogP contribution in [0.4, 0.5) is 11.4 Å². The maximum atomic E-state index is 13.6. The molecule has 0 bridgehead atoms. The molecule has 0 heterocycles. The predicted octanol–water partition coefficient (Wildman–Crippen LogP) is 5.32. The molecule has 6 heteroatoms. The van der Waals surface area contributed by atoms with E-state index < -0.39 is 10.0 Å². The number of benzene rings is 3. The molecular formula is C26H30N2O3S. The second-order valence-corrected chi connectivity index (χ2v) is 9.92. The minimum Gasteiger partial charge on any atom is -0.324 e. The Morgan fingerprint density at radius 2 is 1.50 bits per heavy atom. The summed E-state index contributed by atoms with van der Waals surface area (Å²) in [5.41, 5.74) is 5.94. The van der Waals surface area contributed by atoms with Crippen LogP contribution in [0.2, 0.25) is 0 Å². The third-order valence-electron chi connectivity index (χ3n) is 5.75. The van der Waals surface area contributed by atoms with Crippen LogP contribution in [-0.2, 0) is 21.2 Å². The maximum absolute atomic E-state index is 13.6. The number of rotatable bonds is 7. The van der Waals surface area contributed by atoms with Gasteiger partial charge in [0.05, 0.1) is 10.6 Å². The van der Waals surface area contributed by atoms with Crippen molar-refractivity contribution in [2.24, 2.45) is 0 Å². The molecule has 1 N–H and O–H groups in total. The van der Waals surface area contributed by atoms with Crippen molar-refractivity contribution >= 4 is 27.3 Å². The summed E-state index contributed by atoms with van der Waals surface area (Å²) in [7, 11) is -3.95. The Labute approximate surface area is 191 Å². The first kappa shape index (κ1) is 23.5. The number of amides is 1. The van der Waals surface area contributed by atoms with E-state index in [4.69, 9.17) is 0 Å². The molecule has 168 valence electrons. The molecule has 5 nitrogen and oxygen atoms in total. The minimum atomic E-state index is -3.95. The largest absolute Gasteiger partial charge is 0.324 e. The number of nitrogens with zero attached hydrogens (tertiary/aromatic N) is 1. The summed E-state index contributed by atoms with van der Waals surface area (Å²) in [6.45, 7) is 9.33. The number of anilines is 2. The molecular weight excluding hydrogens is 420 g/mol. The fraction of sp³-hybridized carbons (Fsp3) is 0.269. The highest BCUT2D eigenvalue weighted by atomic mass is 32.2. The summed E-state index contributed by atoms with van der Waals surface area (Å²) >= 11 is 0. The molecule has 3 rings (SSSR count). The zero-order valence-electron chi connectivity index (χ0n) is 19.3. The molecule has 0 fully saturated rings. The monoisotopic (exact) mass is 450 g/mol. The first-order valence-corrected chi connectivity index (χ1v) is 12.1. The highest BCUT2D eigenvalue weighted by molar-refractivity contribution is 7.92. The first-order chi connectivity index (χ1) is 15.1. The van der Waals surface area contributed by atoms with Crippen LogP contribution in [0.3, 0.4) is 0 Å². The van der Waals surface area contributed by atoms with Crippen LogP contribution in [0, 0.1) is 27.7 Å². The quantitative estimate of drug-likeness (QED) is 0.530. The number of para-hydroxylation sites is 1. The molecule has 3 aromatic rings. The average Bonchev–Trinajstić information content (AvgIpc) is 2.76. The van der Waals surface area contributed by atoms with E-state index in [1.807, 2.05) is 65.0 Å². The van der Waals surface area contributed by atoms with Gasteiger partial charge in [-0.1, -0.05) is 55.0 Å². The van der Waals surface area contributed by atoms with Crippen molar-refractivity contribution in [2.75, 3.05) is 16.2 Å². The Morgan fingerprint density at radius 3 is 2.16 bits per heavy atom. The lowest BCUT2D eigenvalue weighted by molar-refractivity contribution is -0.114. The standard InChI is InChI=1S/C26H30N2O3S/c1-6-22-11-7-10-20(4)26(22)27-25(29)17-28(24-12-8-9-19(3)21(24)5)32(30,31)23-15-13-18(2)14-16-23/h7-16H,6,17H2,1-5H3,(H,27,29). The van der Waals surface area contributed by atoms with Gasteiger partial charge in [0.1, 0.15) is 6.54 Å². The highest BCUT2D eigenvalue weighted by Crippen LogP contribution is 2.29. The molecule has 0 aliphatic rings. The van der Waals surface area contributed by atoms with E-state index >= 15 is 0 Å². The van der Waals surface area contributed by atoms with Crippen LogP contribution in [0.15, 0.2) is 65.6 Å². The van der Waals surface area contributed by atoms with Crippen molar-refractivity contribution < 1.29 is 13.2 Å². The third-order valence-corrected chi connectivity index (χ3v) is 7.52. The van der Waals surface area contributed by atoms with Gasteiger partial charge in [-0.2, -0.15) is 0 Å². The second-order valence-electron chi connectivity index (χ2n) is 8.05. The van der Waals surface area contributed by atoms with Gasteiger partial charge in [0.2, 0.25) is 5.91 Å². The molecule has 0 aromatic heterocycles. The number of aryl methyl sites for hydroxylation is 4. The molecule has 0 aliphatic carbocycles. The van der Waals surface area contributed by atoms with Crippen LogP contribution in [0.25, 0.3) is 0 Å². The lowest BCUT2D eigenvalue weighted by Crippen LogP contribution is -2.38. The fourth-order valence-corrected chi connectivity index (χ4v) is 5.13. The van der Waals surface area contributed by atoms with Crippen molar-refractivity contribution in [1.82, 2.24) is 0 Å². The molecule has 0 unspecified atom stereocenters. The molecule has 0 aliphatic heterocycles. The SMILES string of the molecule is CCc1cccc(C)c1NC(=O)CN(c1cccc(C)c1C)S(=O)(=O)c1ccc(C)cc1. The van der Waals surface area contributed by atoms with E-state index in [1.165, 1.54) is 4.31 Å². The average molecular weight is 451 g/mol. The molecule has 3 aromatic carbocycles. The lowest BCUT2D eigenvalue weighted by Gasteiger charge is -2.26. The minimum absolute atomic E-state index is 0.155. The van der Waals surface area contributed by atoms with Gasteiger partial charge in [0.25, 0.3) is 10.0 Å². The number of sulfonamides is 1. The van der Waals surface area contributed by atoms with Crippen molar-refractivity contribution in [3.8, 4) is 0 Å². The molecule has 0 saturated heterocycles. The Bertz CT molecular complexity index is 1230. The molecule has 0 saturated carbocycles. The first-order valence-electron chi connectivity index (χ1n) is 10.7. The lowest BCUT2D eigenvalue weighted by atomic mass is 10.1. The van der Waals surface area contributed by atoms with Gasteiger partial charge in [-0.3, -0.25) is 9.10 Å². The van der Waals surface area contributed by atoms with Gasteiger partial charge in [-0.05, 0) is 74.6 Å². The Hall–Kier alpha value is -3.12. The van der Waals surface area contributed by atoms with E-state index in [1.54, 1.807) is 30.3 Å². The summed E-state index contributed by atoms with van der Waals surface area (Å²) in [5, 5.41) is 2.95. The van der Waals surface area contributed by atoms with Gasteiger partial charge in [0.15, 0.2) is 0 Å². The molecule has 1 amide bonds. The van der Waals surface area contributed by atoms with Crippen molar-refractivity contribution in [3.05, 3.63) is 88.5 Å². The van der Waals surface area contributed by atoms with E-state index in [-0.39, 0.29) is 17.3 Å². The van der Waals surface area contributed by atoms with Crippen molar-refractivity contribution in [1.29, 1.82) is 0 Å². The van der Waals surface area contributed by atoms with Crippen LogP contribution in [0.5, 0.6) is 0 Å². The van der Waals surface area contributed by atoms with Crippen molar-refractivity contribution in [3.63, 3.8) is 0 Å². The topological polar surface area (TPSA) is 66.5 Å². The van der Waals surface area contributed by atoms with Crippen LogP contribution in [0.1, 0.15) is 34.7 Å². The zero-order chi connectivity index (χ0) is 23.5. The third kappa shape index (κ3) is 4.86. The Morgan fingerprint density at radius 1 is 0.875 bits per heavy atom. The van der Waals surface area contributed by atoms with E-state index in [9.17, 15) is 13.2 Å². The summed E-state index contributed by atoms with van der Waals surface area (Å²) < 4.78 is 28.5. The van der Waals surface area contributed by atoms with Gasteiger partial charge in [-0.15, -0.1) is 0 Å². The number of nitrogens with one attached hydrogen (secondary N) is 1. The Balaban J connectivity index is 2.03. The van der Waals surface area contributed by atoms with Crippen molar-refractivity contribution in [2.45, 2.75) is 45.9 Å². The number of hydrogen-bond acceptors (Lipinski definition) is 3. The van der Waals surface area contributed by atoms with Crippen LogP contribution >= 0.6 is 0 Å². The summed E-state index contributed by atoms with van der Waals surface area (Å²) in [6.07, 6.45) is 0.764. The summed E-state index contributed by atoms with van der Waals surface area (Å²) in [5.74, 6) is -0.384. The second kappa shape index (κ2) is 9.57. The van der Waals surface area contributed by atoms with Gasteiger partial charge in [0, 0.05) is 5.69 Å². The normalized spacial score (nSPS) is 11.3. The molecule has 0 spiro atoms. The maximum Gasteiger partial charge on any atom is 0.264 e. The van der Waals surface area contributed by atoms with Crippen LogP contribution in [-0.4, -0.2) is 20.9 Å². The summed E-state index contributed by atoms with van der Waals surface area (Å²) in [4.78, 5) is 13.3. The smallest absolute Gasteiger partial charge is 0.264 e. The van der Waals surface area contributed by atoms with Gasteiger partial charge < -0.3 is 5.32 Å². The molecule has 32 heavy (non-hydrogen) atoms. The van der Waals surface area contributed by atoms with E-state index in [2.05, 4.69) is 5.32 Å². The van der Waals surface area contributed by atoms with Crippen LogP contribution < -0.4 is 9.62 Å². The van der Waals surface area contributed by atoms with Gasteiger partial charge in [-0.25, -0.2) is 8.42 Å². The number of hydrogen-bond donors (Lipinski definition) is 1. The summed E-state index contributed by atoms with van der Waals surface area (Å²) in [6, 6.07) is 18.0. The zero-order valence-corrected chi connectivity index (χ0v) is 20.1. The van der Waals surface area contributed by atoms with Gasteiger partial charge >= 0.3 is 0 Å².